The van der Waals surface area contributed by atoms with Crippen LogP contribution in [-0.2, 0) is 4.79 Å². The number of hydrazine groups is 1. The predicted octanol–water partition coefficient (Wildman–Crippen LogP) is 4.16. The van der Waals surface area contributed by atoms with Gasteiger partial charge in [0.15, 0.2) is 6.04 Å². The van der Waals surface area contributed by atoms with Crippen LogP contribution in [0.3, 0.4) is 0 Å². The van der Waals surface area contributed by atoms with Crippen LogP contribution in [0, 0.1) is 5.82 Å². The van der Waals surface area contributed by atoms with E-state index >= 15 is 0 Å². The van der Waals surface area contributed by atoms with Gasteiger partial charge in [-0.1, -0.05) is 23.2 Å². The molecule has 1 aliphatic heterocycles. The van der Waals surface area contributed by atoms with E-state index in [4.69, 9.17) is 27.9 Å². The Hall–Kier alpha value is -3.42. The number of rotatable bonds is 5. The Labute approximate surface area is 199 Å². The van der Waals surface area contributed by atoms with Gasteiger partial charge in [-0.15, -0.1) is 10.1 Å². The molecular weight excluding hydrogens is 468 g/mol. The van der Waals surface area contributed by atoms with Crippen molar-refractivity contribution >= 4 is 41.2 Å². The minimum atomic E-state index is -0.932. The van der Waals surface area contributed by atoms with Gasteiger partial charge in [-0.25, -0.2) is 4.39 Å². The fourth-order valence-corrected chi connectivity index (χ4v) is 4.02. The average Bonchev–Trinajstić information content (AvgIpc) is 3.10. The average molecular weight is 487 g/mol. The molecule has 1 heterocycles. The first kappa shape index (κ1) is 22.8. The number of hydrazone groups is 1. The van der Waals surface area contributed by atoms with Gasteiger partial charge < -0.3 is 10.1 Å². The van der Waals surface area contributed by atoms with Gasteiger partial charge in [0.2, 0.25) is 12.3 Å². The van der Waals surface area contributed by atoms with Gasteiger partial charge in [-0.05, 0) is 66.7 Å². The number of nitrogens with zero attached hydrogens (tertiary/aromatic N) is 1. The number of hydrogen-bond donors (Lipinski definition) is 2. The van der Waals surface area contributed by atoms with Crippen molar-refractivity contribution in [1.82, 2.24) is 10.7 Å². The molecule has 1 saturated heterocycles. The van der Waals surface area contributed by atoms with Gasteiger partial charge in [0.1, 0.15) is 11.6 Å². The minimum Gasteiger partial charge on any atom is -0.497 e. The van der Waals surface area contributed by atoms with Crippen LogP contribution in [0.5, 0.6) is 5.75 Å². The molecule has 0 bridgehead atoms. The maximum Gasteiger partial charge on any atom is 0.304 e. The predicted molar refractivity (Wildman–Crippen MR) is 123 cm³/mol. The molecule has 9 heteroatoms. The first-order valence-electron chi connectivity index (χ1n) is 9.95. The number of ether oxygens (including phenoxy) is 1. The highest BCUT2D eigenvalue weighted by Crippen LogP contribution is 2.28. The van der Waals surface area contributed by atoms with E-state index in [1.165, 1.54) is 24.3 Å². The van der Waals surface area contributed by atoms with E-state index in [0.717, 1.165) is 5.56 Å². The molecule has 0 saturated carbocycles. The van der Waals surface area contributed by atoms with Crippen LogP contribution >= 0.6 is 23.2 Å². The third kappa shape index (κ3) is 4.99. The normalized spacial score (nSPS) is 18.8. The number of hydrogen-bond acceptors (Lipinski definition) is 3. The molecule has 4 rings (SSSR count). The van der Waals surface area contributed by atoms with Gasteiger partial charge in [0.05, 0.1) is 17.7 Å². The number of carbonyl (C=O) groups is 2. The molecule has 1 fully saturated rings. The number of nitrogens with one attached hydrogen (secondary N) is 2. The van der Waals surface area contributed by atoms with E-state index in [1.54, 1.807) is 48.3 Å². The molecule has 168 valence electrons. The zero-order chi connectivity index (χ0) is 23.5. The van der Waals surface area contributed by atoms with Crippen LogP contribution in [0.15, 0.2) is 66.7 Å². The monoisotopic (exact) mass is 486 g/mol. The molecule has 0 aliphatic carbocycles. The summed E-state index contributed by atoms with van der Waals surface area (Å²) in [5.41, 5.74) is 4.40. The molecule has 0 aromatic heterocycles. The van der Waals surface area contributed by atoms with Gasteiger partial charge >= 0.3 is 5.91 Å². The number of amides is 2. The van der Waals surface area contributed by atoms with Crippen LogP contribution in [0.1, 0.15) is 27.5 Å². The molecule has 0 unspecified atom stereocenters. The van der Waals surface area contributed by atoms with E-state index < -0.39 is 29.7 Å². The molecule has 33 heavy (non-hydrogen) atoms. The van der Waals surface area contributed by atoms with Crippen molar-refractivity contribution in [3.8, 4) is 5.75 Å². The SMILES string of the molecule is COc1ccc([C@H]2[C@@H](NC(=O)c3ccc(F)cc3)C(=O)N/[N+]2=C\c2ccc(Cl)cc2Cl)cc1. The maximum atomic E-state index is 13.2. The standard InChI is InChI=1S/C24H18Cl2FN3O3/c1-33-19-10-5-14(6-11-19)22-21(28-23(31)15-3-8-18(27)9-4-15)24(32)29-30(22)13-16-2-7-17(25)12-20(16)26/h2-13,21-22H,1H3,(H-,28,29,31,32)/p+1/b30-13-/t21-,22+/m1/s1. The third-order valence-electron chi connectivity index (χ3n) is 5.23. The Bertz CT molecular complexity index is 1230. The zero-order valence-corrected chi connectivity index (χ0v) is 18.9. The van der Waals surface area contributed by atoms with Crippen molar-refractivity contribution in [2.45, 2.75) is 12.1 Å². The molecule has 1 aliphatic rings. The van der Waals surface area contributed by atoms with Crippen LogP contribution in [0.4, 0.5) is 4.39 Å². The van der Waals surface area contributed by atoms with Crippen LogP contribution < -0.4 is 15.5 Å². The van der Waals surface area contributed by atoms with Crippen molar-refractivity contribution in [2.75, 3.05) is 7.11 Å². The van der Waals surface area contributed by atoms with Crippen LogP contribution in [0.2, 0.25) is 10.0 Å². The lowest BCUT2D eigenvalue weighted by atomic mass is 9.99. The molecule has 6 nitrogen and oxygen atoms in total. The van der Waals surface area contributed by atoms with E-state index in [9.17, 15) is 14.0 Å². The van der Waals surface area contributed by atoms with E-state index in [0.29, 0.717) is 21.4 Å². The highest BCUT2D eigenvalue weighted by Gasteiger charge is 2.47. The van der Waals surface area contributed by atoms with Crippen molar-refractivity contribution in [1.29, 1.82) is 0 Å². The lowest BCUT2D eigenvalue weighted by molar-refractivity contribution is -0.596. The Morgan fingerprint density at radius 1 is 1.09 bits per heavy atom. The number of halogens is 3. The Kier molecular flexibility index (Phi) is 6.62. The summed E-state index contributed by atoms with van der Waals surface area (Å²) in [6.45, 7) is 0. The summed E-state index contributed by atoms with van der Waals surface area (Å²) in [4.78, 5) is 25.7. The molecule has 2 atom stereocenters. The topological polar surface area (TPSA) is 70.4 Å². The van der Waals surface area contributed by atoms with E-state index in [2.05, 4.69) is 10.7 Å². The summed E-state index contributed by atoms with van der Waals surface area (Å²) in [6, 6.07) is 15.7. The van der Waals surface area contributed by atoms with Gasteiger partial charge in [-0.3, -0.25) is 9.59 Å². The Morgan fingerprint density at radius 3 is 2.42 bits per heavy atom. The smallest absolute Gasteiger partial charge is 0.304 e. The fraction of sp³-hybridized carbons (Fsp3) is 0.125. The Morgan fingerprint density at radius 2 is 1.79 bits per heavy atom. The first-order valence-corrected chi connectivity index (χ1v) is 10.7. The summed E-state index contributed by atoms with van der Waals surface area (Å²) in [5.74, 6) is -0.714. The summed E-state index contributed by atoms with van der Waals surface area (Å²) in [5, 5.41) is 3.65. The van der Waals surface area contributed by atoms with Crippen molar-refractivity contribution in [3.05, 3.63) is 99.3 Å². The summed E-state index contributed by atoms with van der Waals surface area (Å²) >= 11 is 12.3. The van der Waals surface area contributed by atoms with E-state index in [1.807, 2.05) is 12.1 Å². The highest BCUT2D eigenvalue weighted by molar-refractivity contribution is 6.36. The van der Waals surface area contributed by atoms with Gasteiger partial charge in [-0.2, -0.15) is 0 Å². The molecule has 2 N–H and O–H groups in total. The maximum absolute atomic E-state index is 13.2. The van der Waals surface area contributed by atoms with Crippen LogP contribution in [0.25, 0.3) is 0 Å². The van der Waals surface area contributed by atoms with E-state index in [-0.39, 0.29) is 5.56 Å². The summed E-state index contributed by atoms with van der Waals surface area (Å²) < 4.78 is 20.1. The van der Waals surface area contributed by atoms with Crippen LogP contribution in [-0.4, -0.2) is 35.9 Å². The quantitative estimate of drug-likeness (QED) is 0.532. The fourth-order valence-electron chi connectivity index (χ4n) is 3.56. The molecule has 0 spiro atoms. The van der Waals surface area contributed by atoms with Gasteiger partial charge in [0, 0.05) is 16.1 Å². The lowest BCUT2D eigenvalue weighted by Gasteiger charge is -2.15. The summed E-state index contributed by atoms with van der Waals surface area (Å²) in [6.07, 6.45) is 1.68. The summed E-state index contributed by atoms with van der Waals surface area (Å²) in [7, 11) is 1.56. The molecular formula is C24H19Cl2FN3O3+. The highest BCUT2D eigenvalue weighted by atomic mass is 35.5. The zero-order valence-electron chi connectivity index (χ0n) is 17.4. The third-order valence-corrected chi connectivity index (χ3v) is 5.79. The Balaban J connectivity index is 1.72. The number of methoxy groups -OCH3 is 1. The largest absolute Gasteiger partial charge is 0.497 e. The molecule has 3 aromatic carbocycles. The molecule has 0 radical (unpaired) electrons. The molecule has 3 aromatic rings. The van der Waals surface area contributed by atoms with Gasteiger partial charge in [0.25, 0.3) is 5.91 Å². The minimum absolute atomic E-state index is 0.237. The van der Waals surface area contributed by atoms with Crippen molar-refractivity contribution in [2.24, 2.45) is 0 Å². The number of benzene rings is 3. The van der Waals surface area contributed by atoms with Crippen molar-refractivity contribution in [3.63, 3.8) is 0 Å². The second kappa shape index (κ2) is 9.60. The second-order valence-corrected chi connectivity index (χ2v) is 8.20. The first-order chi connectivity index (χ1) is 15.9. The second-order valence-electron chi connectivity index (χ2n) is 7.35. The lowest BCUT2D eigenvalue weighted by Crippen LogP contribution is -2.42. The molecule has 2 amide bonds. The van der Waals surface area contributed by atoms with Crippen molar-refractivity contribution < 1.29 is 23.4 Å². The number of carbonyl (C=O) groups excluding carboxylic acids is 2.